The van der Waals surface area contributed by atoms with E-state index >= 15 is 0 Å². The Morgan fingerprint density at radius 2 is 1.85 bits per heavy atom. The monoisotopic (exact) mass is 721 g/mol. The van der Waals surface area contributed by atoms with Gasteiger partial charge in [-0.3, -0.25) is 4.79 Å². The van der Waals surface area contributed by atoms with Gasteiger partial charge in [-0.2, -0.15) is 0 Å². The Kier molecular flexibility index (Phi) is 11.2. The number of nitrogens with zero attached hydrogens (tertiary/aromatic N) is 4. The van der Waals surface area contributed by atoms with Crippen LogP contribution in [0.2, 0.25) is 10.0 Å². The largest absolute Gasteiger partial charge is 0.494 e. The Bertz CT molecular complexity index is 1760. The van der Waals surface area contributed by atoms with Gasteiger partial charge in [-0.15, -0.1) is 0 Å². The maximum absolute atomic E-state index is 14.5. The van der Waals surface area contributed by atoms with Crippen molar-refractivity contribution in [2.24, 2.45) is 10.1 Å². The molecule has 12 heteroatoms. The van der Waals surface area contributed by atoms with Crippen LogP contribution in [0.5, 0.6) is 5.75 Å². The van der Waals surface area contributed by atoms with Crippen molar-refractivity contribution in [1.29, 1.82) is 0 Å². The van der Waals surface area contributed by atoms with Crippen molar-refractivity contribution in [2.45, 2.75) is 30.9 Å². The maximum atomic E-state index is 14.5. The summed E-state index contributed by atoms with van der Waals surface area (Å²) in [4.78, 5) is 22.6. The smallest absolute Gasteiger partial charge is 0.252 e. The molecule has 0 aliphatic carbocycles. The number of aliphatic imine (C=N–C) groups is 1. The van der Waals surface area contributed by atoms with Crippen LogP contribution < -0.4 is 10.1 Å². The van der Waals surface area contributed by atoms with Gasteiger partial charge in [0.1, 0.15) is 5.75 Å². The summed E-state index contributed by atoms with van der Waals surface area (Å²) in [5.41, 5.74) is 11.1. The lowest BCUT2D eigenvalue weighted by molar-refractivity contribution is -0.128. The van der Waals surface area contributed by atoms with Crippen LogP contribution in [0.3, 0.4) is 0 Å². The van der Waals surface area contributed by atoms with E-state index in [0.29, 0.717) is 52.1 Å². The first-order chi connectivity index (χ1) is 22.3. The van der Waals surface area contributed by atoms with Gasteiger partial charge < -0.3 is 19.9 Å². The van der Waals surface area contributed by atoms with Crippen LogP contribution in [0, 0.1) is 0 Å². The molecule has 4 aromatic carbocycles. The van der Waals surface area contributed by atoms with E-state index in [4.69, 9.17) is 42.8 Å². The molecule has 4 aromatic rings. The van der Waals surface area contributed by atoms with Crippen LogP contribution in [0.1, 0.15) is 34.8 Å². The van der Waals surface area contributed by atoms with E-state index in [1.807, 2.05) is 30.3 Å². The van der Waals surface area contributed by atoms with Crippen LogP contribution in [-0.2, 0) is 22.4 Å². The average Bonchev–Trinajstić information content (AvgIpc) is 3.44. The van der Waals surface area contributed by atoms with Gasteiger partial charge >= 0.3 is 0 Å². The Balaban J connectivity index is 1.56. The zero-order valence-corrected chi connectivity index (χ0v) is 27.7. The van der Waals surface area contributed by atoms with Crippen molar-refractivity contribution in [3.05, 3.63) is 138 Å². The van der Waals surface area contributed by atoms with Crippen LogP contribution in [0.15, 0.2) is 106 Å². The fourth-order valence-corrected chi connectivity index (χ4v) is 5.98. The van der Waals surface area contributed by atoms with E-state index in [2.05, 4.69) is 31.3 Å². The number of aliphatic hydroxyl groups excluding tert-OH is 1. The molecule has 2 atom stereocenters. The Labute approximate surface area is 284 Å². The third-order valence-corrected chi connectivity index (χ3v) is 8.60. The molecule has 46 heavy (non-hydrogen) atoms. The molecule has 0 aromatic heterocycles. The van der Waals surface area contributed by atoms with Crippen molar-refractivity contribution in [2.75, 3.05) is 19.8 Å². The number of hydrogen-bond acceptors (Lipinski definition) is 6. The van der Waals surface area contributed by atoms with Crippen LogP contribution in [0.4, 0.5) is 5.69 Å². The predicted molar refractivity (Wildman–Crippen MR) is 183 cm³/mol. The normalized spacial score (nSPS) is 17.0. The third kappa shape index (κ3) is 7.84. The molecule has 0 spiro atoms. The Morgan fingerprint density at radius 1 is 1.09 bits per heavy atom. The molecule has 1 aliphatic rings. The zero-order valence-electron chi connectivity index (χ0n) is 24.6. The van der Waals surface area contributed by atoms with Crippen LogP contribution in [-0.4, -0.2) is 42.2 Å². The van der Waals surface area contributed by atoms with E-state index in [-0.39, 0.29) is 31.4 Å². The summed E-state index contributed by atoms with van der Waals surface area (Å²) in [6.45, 7) is 0.692. The number of nitrogens with one attached hydrogen (secondary N) is 1. The fourth-order valence-electron chi connectivity index (χ4n) is 5.21. The number of amides is 1. The number of rotatable bonds is 13. The molecule has 9 nitrogen and oxygen atoms in total. The van der Waals surface area contributed by atoms with E-state index in [1.165, 1.54) is 0 Å². The molecular weight excluding hydrogens is 693 g/mol. The van der Waals surface area contributed by atoms with Crippen LogP contribution >= 0.6 is 39.1 Å². The summed E-state index contributed by atoms with van der Waals surface area (Å²) in [6, 6.07) is 27.1. The summed E-state index contributed by atoms with van der Waals surface area (Å²) in [7, 11) is 0. The highest BCUT2D eigenvalue weighted by Crippen LogP contribution is 2.45. The second kappa shape index (κ2) is 15.5. The lowest BCUT2D eigenvalue weighted by Crippen LogP contribution is -2.50. The summed E-state index contributed by atoms with van der Waals surface area (Å²) in [5.74, 6) is 0.525. The SMILES string of the molecule is [N-]=[N+]=Nc1ccccc1[C@H]1OC(c2ccc(OCCCO)cc2)=N[C@@]1(Cc1ccc(Br)cc1)C(=O)NCCc1ccc(Cl)cc1Cl. The number of carbonyl (C=O) groups excluding carboxylic acids is 1. The molecule has 0 saturated heterocycles. The van der Waals surface area contributed by atoms with Gasteiger partial charge in [0.15, 0.2) is 11.6 Å². The van der Waals surface area contributed by atoms with E-state index in [1.54, 1.807) is 60.7 Å². The van der Waals surface area contributed by atoms with Crippen molar-refractivity contribution in [3.8, 4) is 5.75 Å². The molecule has 0 saturated carbocycles. The topological polar surface area (TPSA) is 129 Å². The minimum absolute atomic E-state index is 0.0384. The number of aliphatic hydroxyl groups is 1. The standard InChI is InChI=1S/C34H30BrCl2N5O4/c35-25-11-6-22(7-12-25)21-34(33(44)39-17-16-23-8-13-26(36)20-29(23)37)31(28-4-1-2-5-30(28)41-42-38)46-32(40-34)24-9-14-27(15-10-24)45-19-3-18-43/h1-2,4-15,20,31,43H,3,16-19,21H2,(H,39,44)/t31-,34-/m1/s1. The van der Waals surface area contributed by atoms with Gasteiger partial charge in [-0.25, -0.2) is 4.99 Å². The summed E-state index contributed by atoms with van der Waals surface area (Å²) in [5, 5.41) is 17.1. The minimum Gasteiger partial charge on any atom is -0.494 e. The highest BCUT2D eigenvalue weighted by atomic mass is 79.9. The molecular formula is C34H30BrCl2N5O4. The number of halogens is 3. The lowest BCUT2D eigenvalue weighted by atomic mass is 9.81. The Hall–Kier alpha value is -4.05. The first-order valence-corrected chi connectivity index (χ1v) is 16.1. The van der Waals surface area contributed by atoms with Crippen molar-refractivity contribution in [3.63, 3.8) is 0 Å². The van der Waals surface area contributed by atoms with Crippen molar-refractivity contribution >= 4 is 56.6 Å². The van der Waals surface area contributed by atoms with Crippen LogP contribution in [0.25, 0.3) is 10.4 Å². The number of ether oxygens (including phenoxy) is 2. The van der Waals surface area contributed by atoms with Gasteiger partial charge in [-0.05, 0) is 71.6 Å². The fraction of sp³-hybridized carbons (Fsp3) is 0.235. The van der Waals surface area contributed by atoms with E-state index in [0.717, 1.165) is 15.6 Å². The summed E-state index contributed by atoms with van der Waals surface area (Å²) < 4.78 is 13.2. The summed E-state index contributed by atoms with van der Waals surface area (Å²) >= 11 is 16.0. The van der Waals surface area contributed by atoms with E-state index < -0.39 is 11.6 Å². The van der Waals surface area contributed by atoms with Crippen molar-refractivity contribution < 1.29 is 19.4 Å². The number of benzene rings is 4. The molecule has 1 amide bonds. The number of hydrogen-bond donors (Lipinski definition) is 2. The van der Waals surface area contributed by atoms with Gasteiger partial charge in [0.2, 0.25) is 5.90 Å². The molecule has 1 heterocycles. The van der Waals surface area contributed by atoms with Gasteiger partial charge in [0, 0.05) is 62.2 Å². The molecule has 0 fully saturated rings. The second-order valence-corrected chi connectivity index (χ2v) is 12.3. The maximum Gasteiger partial charge on any atom is 0.252 e. The van der Waals surface area contributed by atoms with Crippen molar-refractivity contribution in [1.82, 2.24) is 5.32 Å². The van der Waals surface area contributed by atoms with Gasteiger partial charge in [0.25, 0.3) is 5.91 Å². The van der Waals surface area contributed by atoms with Gasteiger partial charge in [0.05, 0.1) is 6.61 Å². The molecule has 1 aliphatic heterocycles. The van der Waals surface area contributed by atoms with Gasteiger partial charge in [-0.1, -0.05) is 86.7 Å². The molecule has 2 N–H and O–H groups in total. The molecule has 0 radical (unpaired) electrons. The third-order valence-electron chi connectivity index (χ3n) is 7.48. The highest BCUT2D eigenvalue weighted by Gasteiger charge is 2.53. The first kappa shape index (κ1) is 33.3. The second-order valence-electron chi connectivity index (χ2n) is 10.6. The lowest BCUT2D eigenvalue weighted by Gasteiger charge is -2.31. The highest BCUT2D eigenvalue weighted by molar-refractivity contribution is 9.10. The molecule has 0 bridgehead atoms. The minimum atomic E-state index is -1.48. The first-order valence-electron chi connectivity index (χ1n) is 14.5. The number of carbonyl (C=O) groups is 1. The quantitative estimate of drug-likeness (QED) is 0.0622. The zero-order chi connectivity index (χ0) is 32.5. The Morgan fingerprint density at radius 3 is 2.57 bits per heavy atom. The van der Waals surface area contributed by atoms with E-state index in [9.17, 15) is 10.3 Å². The predicted octanol–water partition coefficient (Wildman–Crippen LogP) is 8.32. The average molecular weight is 723 g/mol. The molecule has 0 unspecified atom stereocenters. The number of azide groups is 1. The molecule has 5 rings (SSSR count). The summed E-state index contributed by atoms with van der Waals surface area (Å²) in [6.07, 6.45) is 0.231. The molecule has 236 valence electrons.